The van der Waals surface area contributed by atoms with E-state index in [1.165, 1.54) is 56.9 Å². The lowest BCUT2D eigenvalue weighted by atomic mass is 9.79. The zero-order chi connectivity index (χ0) is 17.0. The molecule has 1 aliphatic rings. The molecule has 0 saturated heterocycles. The highest BCUT2D eigenvalue weighted by Gasteiger charge is 2.18. The van der Waals surface area contributed by atoms with Crippen LogP contribution < -0.4 is 4.74 Å². The molecule has 2 rings (SSSR count). The Kier molecular flexibility index (Phi) is 9.02. The molecule has 1 aliphatic carbocycles. The average Bonchev–Trinajstić information content (AvgIpc) is 2.62. The second-order valence-electron chi connectivity index (χ2n) is 7.32. The van der Waals surface area contributed by atoms with Gasteiger partial charge in [0.15, 0.2) is 0 Å². The summed E-state index contributed by atoms with van der Waals surface area (Å²) in [5, 5.41) is 0. The molecule has 1 nitrogen and oxygen atoms in total. The van der Waals surface area contributed by atoms with Crippen molar-refractivity contribution in [1.29, 1.82) is 0 Å². The van der Waals surface area contributed by atoms with E-state index in [2.05, 4.69) is 43.3 Å². The maximum absolute atomic E-state index is 5.49. The molecule has 24 heavy (non-hydrogen) atoms. The Bertz CT molecular complexity index is 451. The molecule has 0 bridgehead atoms. The fourth-order valence-electron chi connectivity index (χ4n) is 3.81. The van der Waals surface area contributed by atoms with Crippen molar-refractivity contribution < 1.29 is 4.74 Å². The summed E-state index contributed by atoms with van der Waals surface area (Å²) in [6, 6.07) is 8.56. The van der Waals surface area contributed by atoms with E-state index in [9.17, 15) is 0 Å². The van der Waals surface area contributed by atoms with E-state index in [1.54, 1.807) is 0 Å². The lowest BCUT2D eigenvalue weighted by Crippen LogP contribution is -2.13. The lowest BCUT2D eigenvalue weighted by Gasteiger charge is -2.26. The molecule has 0 atom stereocenters. The highest BCUT2D eigenvalue weighted by atomic mass is 16.5. The molecule has 0 amide bonds. The maximum atomic E-state index is 5.49. The van der Waals surface area contributed by atoms with Crippen LogP contribution in [0.5, 0.6) is 5.75 Å². The third kappa shape index (κ3) is 7.11. The molecule has 1 aromatic rings. The van der Waals surface area contributed by atoms with Gasteiger partial charge in [0.1, 0.15) is 5.75 Å². The number of hydrogen-bond acceptors (Lipinski definition) is 1. The third-order valence-corrected chi connectivity index (χ3v) is 5.35. The normalized spacial score (nSPS) is 21.2. The molecule has 1 aromatic carbocycles. The zero-order valence-corrected chi connectivity index (χ0v) is 15.8. The molecular weight excluding hydrogens is 292 g/mol. The lowest BCUT2D eigenvalue weighted by molar-refractivity contribution is 0.289. The van der Waals surface area contributed by atoms with Gasteiger partial charge in [-0.1, -0.05) is 56.9 Å². The minimum atomic E-state index is 0.739. The molecule has 0 unspecified atom stereocenters. The number of unbranched alkanes of at least 4 members (excludes halogenated alkanes) is 2. The summed E-state index contributed by atoms with van der Waals surface area (Å²) in [5.74, 6) is 2.84. The summed E-state index contributed by atoms with van der Waals surface area (Å²) in [5.41, 5.74) is 1.41. The Morgan fingerprint density at radius 2 is 1.75 bits per heavy atom. The fraction of sp³-hybridized carbons (Fsp3) is 0.652. The number of allylic oxidation sites excluding steroid dienone is 2. The van der Waals surface area contributed by atoms with E-state index in [0.717, 1.165) is 37.0 Å². The standard InChI is InChI=1S/C23H36O/c1-3-5-6-9-20-12-14-21(15-13-20)10-7-8-11-22-16-18-23(19-17-22)24-4-2/h7,10,16-21H,3-6,8-9,11-15H2,1-2H3/b10-7+. The number of ether oxygens (including phenoxy) is 1. The molecule has 0 radical (unpaired) electrons. The average molecular weight is 329 g/mol. The van der Waals surface area contributed by atoms with Gasteiger partial charge in [-0.05, 0) is 75.0 Å². The predicted molar refractivity (Wildman–Crippen MR) is 105 cm³/mol. The van der Waals surface area contributed by atoms with Crippen molar-refractivity contribution >= 4 is 0 Å². The van der Waals surface area contributed by atoms with Crippen molar-refractivity contribution in [3.05, 3.63) is 42.0 Å². The van der Waals surface area contributed by atoms with Gasteiger partial charge in [-0.25, -0.2) is 0 Å². The summed E-state index contributed by atoms with van der Waals surface area (Å²) in [6.07, 6.45) is 18.6. The van der Waals surface area contributed by atoms with Gasteiger partial charge in [-0.2, -0.15) is 0 Å². The van der Waals surface area contributed by atoms with Gasteiger partial charge in [-0.3, -0.25) is 0 Å². The topological polar surface area (TPSA) is 9.23 Å². The first-order valence-electron chi connectivity index (χ1n) is 10.2. The minimum Gasteiger partial charge on any atom is -0.494 e. The molecule has 0 heterocycles. The van der Waals surface area contributed by atoms with Crippen LogP contribution in [0.1, 0.15) is 77.2 Å². The summed E-state index contributed by atoms with van der Waals surface area (Å²) in [4.78, 5) is 0. The third-order valence-electron chi connectivity index (χ3n) is 5.35. The second kappa shape index (κ2) is 11.3. The van der Waals surface area contributed by atoms with Gasteiger partial charge in [0.25, 0.3) is 0 Å². The van der Waals surface area contributed by atoms with Crippen LogP contribution in [0.25, 0.3) is 0 Å². The molecule has 1 saturated carbocycles. The largest absolute Gasteiger partial charge is 0.494 e. The van der Waals surface area contributed by atoms with Crippen LogP contribution in [0.15, 0.2) is 36.4 Å². The summed E-state index contributed by atoms with van der Waals surface area (Å²) in [6.45, 7) is 5.06. The van der Waals surface area contributed by atoms with Crippen molar-refractivity contribution in [2.75, 3.05) is 6.61 Å². The van der Waals surface area contributed by atoms with Crippen molar-refractivity contribution in [3.63, 3.8) is 0 Å². The molecule has 0 spiro atoms. The van der Waals surface area contributed by atoms with E-state index < -0.39 is 0 Å². The van der Waals surface area contributed by atoms with Crippen LogP contribution in [0.2, 0.25) is 0 Å². The van der Waals surface area contributed by atoms with E-state index in [-0.39, 0.29) is 0 Å². The monoisotopic (exact) mass is 328 g/mol. The van der Waals surface area contributed by atoms with E-state index in [4.69, 9.17) is 4.74 Å². The first-order valence-corrected chi connectivity index (χ1v) is 10.2. The Morgan fingerprint density at radius 1 is 1.00 bits per heavy atom. The van der Waals surface area contributed by atoms with E-state index >= 15 is 0 Å². The van der Waals surface area contributed by atoms with Crippen molar-refractivity contribution in [3.8, 4) is 5.75 Å². The molecule has 0 aliphatic heterocycles. The predicted octanol–water partition coefficient (Wildman–Crippen LogP) is 6.96. The molecule has 0 aromatic heterocycles. The van der Waals surface area contributed by atoms with Crippen LogP contribution in [0.4, 0.5) is 0 Å². The molecule has 134 valence electrons. The van der Waals surface area contributed by atoms with Crippen LogP contribution in [-0.2, 0) is 6.42 Å². The number of hydrogen-bond donors (Lipinski definition) is 0. The minimum absolute atomic E-state index is 0.739. The number of benzene rings is 1. The highest BCUT2D eigenvalue weighted by molar-refractivity contribution is 5.27. The quantitative estimate of drug-likeness (QED) is 0.333. The Balaban J connectivity index is 1.61. The molecular formula is C23H36O. The van der Waals surface area contributed by atoms with Gasteiger partial charge < -0.3 is 4.74 Å². The smallest absolute Gasteiger partial charge is 0.119 e. The highest BCUT2D eigenvalue weighted by Crippen LogP contribution is 2.32. The first kappa shape index (κ1) is 19.1. The molecule has 0 N–H and O–H groups in total. The summed E-state index contributed by atoms with van der Waals surface area (Å²) in [7, 11) is 0. The Morgan fingerprint density at radius 3 is 2.42 bits per heavy atom. The fourth-order valence-corrected chi connectivity index (χ4v) is 3.81. The Hall–Kier alpha value is -1.24. The van der Waals surface area contributed by atoms with Crippen molar-refractivity contribution in [2.45, 2.75) is 78.1 Å². The van der Waals surface area contributed by atoms with Gasteiger partial charge in [0, 0.05) is 0 Å². The second-order valence-corrected chi connectivity index (χ2v) is 7.32. The first-order chi connectivity index (χ1) is 11.8. The van der Waals surface area contributed by atoms with Crippen LogP contribution in [0.3, 0.4) is 0 Å². The molecule has 1 fully saturated rings. The zero-order valence-electron chi connectivity index (χ0n) is 15.8. The SMILES string of the molecule is CCCCCC1CCC(/C=C/CCc2ccc(OCC)cc2)CC1. The van der Waals surface area contributed by atoms with Crippen LogP contribution in [-0.4, -0.2) is 6.61 Å². The number of rotatable bonds is 10. The summed E-state index contributed by atoms with van der Waals surface area (Å²) < 4.78 is 5.49. The van der Waals surface area contributed by atoms with Gasteiger partial charge in [-0.15, -0.1) is 0 Å². The van der Waals surface area contributed by atoms with Gasteiger partial charge in [0.2, 0.25) is 0 Å². The summed E-state index contributed by atoms with van der Waals surface area (Å²) >= 11 is 0. The van der Waals surface area contributed by atoms with Crippen molar-refractivity contribution in [1.82, 2.24) is 0 Å². The van der Waals surface area contributed by atoms with Crippen LogP contribution >= 0.6 is 0 Å². The van der Waals surface area contributed by atoms with Gasteiger partial charge >= 0.3 is 0 Å². The number of aryl methyl sites for hydroxylation is 1. The van der Waals surface area contributed by atoms with Crippen molar-refractivity contribution in [2.24, 2.45) is 11.8 Å². The molecule has 1 heteroatoms. The Labute approximate surface area is 149 Å². The maximum Gasteiger partial charge on any atom is 0.119 e. The van der Waals surface area contributed by atoms with Crippen LogP contribution in [0, 0.1) is 11.8 Å². The van der Waals surface area contributed by atoms with E-state index in [1.807, 2.05) is 6.92 Å². The van der Waals surface area contributed by atoms with E-state index in [0.29, 0.717) is 0 Å². The van der Waals surface area contributed by atoms with Gasteiger partial charge in [0.05, 0.1) is 6.61 Å².